The van der Waals surface area contributed by atoms with E-state index < -0.39 is 58.3 Å². The van der Waals surface area contributed by atoms with Crippen LogP contribution in [0.4, 0.5) is 27.6 Å². The molecule has 3 aromatic rings. The van der Waals surface area contributed by atoms with Gasteiger partial charge in [-0.2, -0.15) is 13.2 Å². The van der Waals surface area contributed by atoms with E-state index in [1.165, 1.54) is 6.07 Å². The van der Waals surface area contributed by atoms with Gasteiger partial charge in [-0.15, -0.1) is 0 Å². The summed E-state index contributed by atoms with van der Waals surface area (Å²) in [4.78, 5) is 37.0. The lowest BCUT2D eigenvalue weighted by molar-refractivity contribution is -0.137. The zero-order chi connectivity index (χ0) is 25.7. The van der Waals surface area contributed by atoms with E-state index in [1.807, 2.05) is 0 Å². The minimum Gasteiger partial charge on any atom is -0.478 e. The van der Waals surface area contributed by atoms with E-state index >= 15 is 0 Å². The quantitative estimate of drug-likeness (QED) is 0.408. The maximum Gasteiger partial charge on any atom is 0.416 e. The Balaban J connectivity index is 1.84. The van der Waals surface area contributed by atoms with Crippen LogP contribution >= 0.6 is 11.6 Å². The number of hydrogen-bond donors (Lipinski definition) is 3. The fourth-order valence-corrected chi connectivity index (χ4v) is 3.93. The van der Waals surface area contributed by atoms with Gasteiger partial charge in [0.15, 0.2) is 0 Å². The predicted molar refractivity (Wildman–Crippen MR) is 113 cm³/mol. The summed E-state index contributed by atoms with van der Waals surface area (Å²) >= 11 is 6.16. The number of halogens is 6. The summed E-state index contributed by atoms with van der Waals surface area (Å²) in [6.07, 6.45) is -4.93. The Labute approximate surface area is 198 Å². The summed E-state index contributed by atoms with van der Waals surface area (Å²) in [5.74, 6) is -5.44. The molecule has 0 saturated heterocycles. The summed E-state index contributed by atoms with van der Waals surface area (Å²) in [6.45, 7) is 0. The lowest BCUT2D eigenvalue weighted by Crippen LogP contribution is -2.21. The average Bonchev–Trinajstić information content (AvgIpc) is 3.11. The highest BCUT2D eigenvalue weighted by atomic mass is 35.5. The average molecular weight is 511 g/mol. The van der Waals surface area contributed by atoms with Crippen LogP contribution in [-0.2, 0) is 6.18 Å². The molecule has 35 heavy (non-hydrogen) atoms. The van der Waals surface area contributed by atoms with Crippen LogP contribution in [0.25, 0.3) is 0 Å². The molecule has 3 aromatic carbocycles. The van der Waals surface area contributed by atoms with Crippen molar-refractivity contribution >= 4 is 35.1 Å². The van der Waals surface area contributed by atoms with E-state index in [4.69, 9.17) is 11.6 Å². The van der Waals surface area contributed by atoms with E-state index in [-0.39, 0.29) is 33.5 Å². The molecule has 4 rings (SSSR count). The second-order valence-electron chi connectivity index (χ2n) is 7.54. The maximum absolute atomic E-state index is 13.9. The fraction of sp³-hybridized carbons (Fsp3) is 0.0870. The van der Waals surface area contributed by atoms with Crippen LogP contribution in [-0.4, -0.2) is 22.9 Å². The Hall–Kier alpha value is -3.99. The van der Waals surface area contributed by atoms with Gasteiger partial charge in [0.25, 0.3) is 11.8 Å². The summed E-state index contributed by atoms with van der Waals surface area (Å²) in [5.41, 5.74) is -2.89. The smallest absolute Gasteiger partial charge is 0.416 e. The SMILES string of the molecule is O=C(O)c1cc(NC(=O)c2cc(F)cc(C(F)(F)F)c2)c2c(c1)C(=O)N[C@@H]2c1cc(F)ccc1Cl. The van der Waals surface area contributed by atoms with Gasteiger partial charge in [-0.1, -0.05) is 11.6 Å². The van der Waals surface area contributed by atoms with Gasteiger partial charge in [0.05, 0.1) is 17.2 Å². The number of fused-ring (bicyclic) bond motifs is 1. The van der Waals surface area contributed by atoms with Gasteiger partial charge < -0.3 is 15.7 Å². The number of amides is 2. The molecule has 0 bridgehead atoms. The highest BCUT2D eigenvalue weighted by molar-refractivity contribution is 6.31. The van der Waals surface area contributed by atoms with Crippen LogP contribution in [0.3, 0.4) is 0 Å². The van der Waals surface area contributed by atoms with Crippen LogP contribution in [0, 0.1) is 11.6 Å². The van der Waals surface area contributed by atoms with Crippen molar-refractivity contribution in [2.45, 2.75) is 12.2 Å². The highest BCUT2D eigenvalue weighted by Crippen LogP contribution is 2.40. The van der Waals surface area contributed by atoms with Crippen molar-refractivity contribution in [3.8, 4) is 0 Å². The third-order valence-corrected chi connectivity index (χ3v) is 5.58. The van der Waals surface area contributed by atoms with Crippen molar-refractivity contribution in [2.24, 2.45) is 0 Å². The van der Waals surface area contributed by atoms with E-state index in [2.05, 4.69) is 10.6 Å². The number of carboxylic acid groups (broad SMARTS) is 1. The van der Waals surface area contributed by atoms with Crippen molar-refractivity contribution in [3.05, 3.63) is 98.6 Å². The molecule has 1 heterocycles. The van der Waals surface area contributed by atoms with Crippen molar-refractivity contribution in [2.75, 3.05) is 5.32 Å². The minimum absolute atomic E-state index is 0.00768. The molecule has 0 saturated carbocycles. The van der Waals surface area contributed by atoms with Crippen molar-refractivity contribution in [3.63, 3.8) is 0 Å². The van der Waals surface area contributed by atoms with Gasteiger partial charge in [-0.25, -0.2) is 13.6 Å². The van der Waals surface area contributed by atoms with Gasteiger partial charge >= 0.3 is 12.1 Å². The van der Waals surface area contributed by atoms with Gasteiger partial charge in [0.2, 0.25) is 0 Å². The monoisotopic (exact) mass is 510 g/mol. The van der Waals surface area contributed by atoms with E-state index in [0.29, 0.717) is 12.1 Å². The molecule has 0 fully saturated rings. The number of benzene rings is 3. The number of carbonyl (C=O) groups is 3. The van der Waals surface area contributed by atoms with Crippen LogP contribution in [0.2, 0.25) is 5.02 Å². The highest BCUT2D eigenvalue weighted by Gasteiger charge is 2.36. The zero-order valence-corrected chi connectivity index (χ0v) is 17.9. The first-order valence-corrected chi connectivity index (χ1v) is 10.1. The van der Waals surface area contributed by atoms with Crippen LogP contribution < -0.4 is 10.6 Å². The molecule has 0 aromatic heterocycles. The van der Waals surface area contributed by atoms with Crippen molar-refractivity contribution < 1.29 is 41.4 Å². The van der Waals surface area contributed by atoms with E-state index in [9.17, 15) is 41.4 Å². The first-order chi connectivity index (χ1) is 16.3. The molecule has 180 valence electrons. The molecular weight excluding hydrogens is 499 g/mol. The number of anilines is 1. The number of aromatic carboxylic acids is 1. The molecule has 0 unspecified atom stereocenters. The lowest BCUT2D eigenvalue weighted by Gasteiger charge is -2.18. The summed E-state index contributed by atoms with van der Waals surface area (Å²) < 4.78 is 66.9. The number of carboxylic acids is 1. The van der Waals surface area contributed by atoms with Crippen molar-refractivity contribution in [1.82, 2.24) is 5.32 Å². The van der Waals surface area contributed by atoms with Crippen molar-refractivity contribution in [1.29, 1.82) is 0 Å². The molecular formula is C23H12ClF5N2O4. The van der Waals surface area contributed by atoms with Crippen LogP contribution in [0.5, 0.6) is 0 Å². The number of nitrogens with one attached hydrogen (secondary N) is 2. The molecule has 0 aliphatic carbocycles. The predicted octanol–water partition coefficient (Wildman–Crippen LogP) is 5.42. The minimum atomic E-state index is -4.93. The van der Waals surface area contributed by atoms with Crippen LogP contribution in [0.15, 0.2) is 48.5 Å². The zero-order valence-electron chi connectivity index (χ0n) is 17.1. The fourth-order valence-electron chi connectivity index (χ4n) is 3.71. The molecule has 1 aliphatic rings. The first-order valence-electron chi connectivity index (χ1n) is 9.71. The summed E-state index contributed by atoms with van der Waals surface area (Å²) in [6, 6.07) is 5.40. The third-order valence-electron chi connectivity index (χ3n) is 5.24. The van der Waals surface area contributed by atoms with Gasteiger partial charge in [-0.05, 0) is 48.5 Å². The van der Waals surface area contributed by atoms with Crippen LogP contribution in [0.1, 0.15) is 53.8 Å². The number of carbonyl (C=O) groups excluding carboxylic acids is 2. The Morgan fingerprint density at radius 2 is 1.69 bits per heavy atom. The molecule has 1 atom stereocenters. The molecule has 0 spiro atoms. The molecule has 2 amide bonds. The normalized spacial score (nSPS) is 14.9. The van der Waals surface area contributed by atoms with E-state index in [0.717, 1.165) is 24.3 Å². The topological polar surface area (TPSA) is 95.5 Å². The Bertz CT molecular complexity index is 1410. The third kappa shape index (κ3) is 4.67. The first kappa shape index (κ1) is 24.1. The standard InChI is InChI=1S/C23H12ClF5N2O4/c24-16-2-1-12(25)8-14(16)19-18-15(21(33)31-19)5-10(22(34)35)6-17(18)30-20(32)9-3-11(23(27,28)29)7-13(26)4-9/h1-8,19H,(H,30,32)(H,31,33)(H,34,35)/t19-/m1/s1. The van der Waals surface area contributed by atoms with Gasteiger partial charge in [0, 0.05) is 33.0 Å². The molecule has 0 radical (unpaired) electrons. The summed E-state index contributed by atoms with van der Waals surface area (Å²) in [5, 5.41) is 14.2. The maximum atomic E-state index is 13.9. The molecule has 1 aliphatic heterocycles. The Kier molecular flexibility index (Phi) is 5.97. The number of rotatable bonds is 4. The van der Waals surface area contributed by atoms with Gasteiger partial charge in [0.1, 0.15) is 11.6 Å². The lowest BCUT2D eigenvalue weighted by atomic mass is 9.94. The van der Waals surface area contributed by atoms with E-state index in [1.54, 1.807) is 0 Å². The Morgan fingerprint density at radius 1 is 0.971 bits per heavy atom. The largest absolute Gasteiger partial charge is 0.478 e. The number of hydrogen-bond acceptors (Lipinski definition) is 3. The summed E-state index contributed by atoms with van der Waals surface area (Å²) in [7, 11) is 0. The van der Waals surface area contributed by atoms with Gasteiger partial charge in [-0.3, -0.25) is 9.59 Å². The molecule has 6 nitrogen and oxygen atoms in total. The number of alkyl halides is 3. The second kappa shape index (κ2) is 8.66. The Morgan fingerprint density at radius 3 is 2.34 bits per heavy atom. The molecule has 12 heteroatoms. The second-order valence-corrected chi connectivity index (χ2v) is 7.95. The molecule has 3 N–H and O–H groups in total.